The normalized spacial score (nSPS) is 20.4. The lowest BCUT2D eigenvalue weighted by Gasteiger charge is -2.22. The van der Waals surface area contributed by atoms with E-state index in [9.17, 15) is 35.5 Å². The molecule has 0 bridgehead atoms. The second-order valence-corrected chi connectivity index (χ2v) is 24.1. The molecule has 0 saturated carbocycles. The first-order chi connectivity index (χ1) is 28.3. The molecule has 322 valence electrons. The van der Waals surface area contributed by atoms with Gasteiger partial charge >= 0.3 is 11.9 Å². The number of hydrogen-bond donors (Lipinski definition) is 0. The number of esters is 2. The van der Waals surface area contributed by atoms with Gasteiger partial charge in [0.2, 0.25) is 5.52 Å². The van der Waals surface area contributed by atoms with Crippen LogP contribution in [0.4, 0.5) is 5.69 Å². The van der Waals surface area contributed by atoms with E-state index in [0.717, 1.165) is 85.4 Å². The lowest BCUT2D eigenvalue weighted by atomic mass is 10.1. The Hall–Kier alpha value is -1.88. The third-order valence-electron chi connectivity index (χ3n) is 9.46. The van der Waals surface area contributed by atoms with Gasteiger partial charge in [-0.05, 0) is 102 Å². The number of allylic oxidation sites excluding steroid dienone is 2. The summed E-state index contributed by atoms with van der Waals surface area (Å²) in [6.45, 7) is 2.41. The first-order valence-electron chi connectivity index (χ1n) is 19.4. The predicted molar refractivity (Wildman–Crippen MR) is 243 cm³/mol. The van der Waals surface area contributed by atoms with Gasteiger partial charge in [-0.3, -0.25) is 0 Å². The topological polar surface area (TPSA) is 174 Å². The molecule has 0 spiro atoms. The molecular weight excluding hydrogens is 913 g/mol. The fourth-order valence-electron chi connectivity index (χ4n) is 6.54. The van der Waals surface area contributed by atoms with Gasteiger partial charge in [0.25, 0.3) is 5.01 Å². The van der Waals surface area contributed by atoms with E-state index in [-0.39, 0.29) is 36.8 Å². The highest BCUT2D eigenvalue weighted by atomic mass is 32.2. The van der Waals surface area contributed by atoms with E-state index in [1.165, 1.54) is 23.1 Å². The number of benzene rings is 2. The van der Waals surface area contributed by atoms with Gasteiger partial charge in [0.1, 0.15) is 15.6 Å². The van der Waals surface area contributed by atoms with Gasteiger partial charge < -0.3 is 23.5 Å². The molecule has 0 amide bonds. The first kappa shape index (κ1) is 46.6. The molecule has 1 aromatic heterocycles. The van der Waals surface area contributed by atoms with Gasteiger partial charge in [-0.25, -0.2) is 26.4 Å². The summed E-state index contributed by atoms with van der Waals surface area (Å²) in [7, 11) is -8.92. The average Bonchev–Trinajstić information content (AvgIpc) is 3.68. The molecule has 4 heterocycles. The number of fused-ring (bicyclic) bond motifs is 2. The number of aryl methyl sites for hydroxylation is 1. The Morgan fingerprint density at radius 1 is 0.831 bits per heavy atom. The van der Waals surface area contributed by atoms with E-state index >= 15 is 0 Å². The minimum Gasteiger partial charge on any atom is -0.748 e. The number of thiazole rings is 1. The summed E-state index contributed by atoms with van der Waals surface area (Å²) in [4.78, 5) is 29.6. The summed E-state index contributed by atoms with van der Waals surface area (Å²) in [5.41, 5.74) is 2.59. The third-order valence-corrected chi connectivity index (χ3v) is 17.9. The second kappa shape index (κ2) is 22.0. The van der Waals surface area contributed by atoms with Crippen LogP contribution in [-0.4, -0.2) is 101 Å². The van der Waals surface area contributed by atoms with Crippen molar-refractivity contribution in [3.8, 4) is 0 Å². The SMILES string of the molecule is CCC(=Cc1sc2ccc(C(=O)OC3CCSCCCS3)cc2[n+]1CCCS(=O)(=O)[O-])C=C1Sc2ccc(C(=O)OC3CCSCCCS3)cc2N1CCCS(=O)(=O)[O-]. The van der Waals surface area contributed by atoms with Crippen molar-refractivity contribution in [3.05, 3.63) is 69.2 Å². The van der Waals surface area contributed by atoms with E-state index in [1.807, 2.05) is 64.2 Å². The number of ether oxygens (including phenoxy) is 2. The lowest BCUT2D eigenvalue weighted by molar-refractivity contribution is -0.668. The van der Waals surface area contributed by atoms with E-state index in [2.05, 4.69) is 0 Å². The van der Waals surface area contributed by atoms with Crippen molar-refractivity contribution in [2.75, 3.05) is 57.5 Å². The quantitative estimate of drug-likeness (QED) is 0.0819. The minimum absolute atomic E-state index is 0.0709. The summed E-state index contributed by atoms with van der Waals surface area (Å²) >= 11 is 9.95. The Balaban J connectivity index is 1.30. The standard InChI is InChI=1S/C39H48N2O10S8/c1-2-27(23-34-40(13-3-21-58(44,45)46)30-25-28(7-9-32(30)56-34)38(42)50-36-11-19-52-15-5-17-54-36)24-35-41(14-4-22-59(47,48)49)31-26-29(8-10-33(31)57-35)39(43)51-37-12-20-53-16-6-18-55-37/h7-10,23-26,36-37H,2-6,11-22H2,1H3,(H-,44,45,46,47,48,49)/p-1. The zero-order valence-corrected chi connectivity index (χ0v) is 39.1. The van der Waals surface area contributed by atoms with Crippen LogP contribution >= 0.6 is 70.1 Å². The van der Waals surface area contributed by atoms with Gasteiger partial charge in [-0.1, -0.05) is 30.0 Å². The van der Waals surface area contributed by atoms with Crippen LogP contribution in [0.3, 0.4) is 0 Å². The van der Waals surface area contributed by atoms with E-state index in [1.54, 1.807) is 47.8 Å². The van der Waals surface area contributed by atoms with E-state index in [0.29, 0.717) is 28.8 Å². The summed E-state index contributed by atoms with van der Waals surface area (Å²) in [5, 5.41) is 1.55. The van der Waals surface area contributed by atoms with Gasteiger partial charge in [0.15, 0.2) is 6.54 Å². The van der Waals surface area contributed by atoms with Gasteiger partial charge in [-0.15, -0.1) is 23.5 Å². The molecule has 2 atom stereocenters. The van der Waals surface area contributed by atoms with Crippen molar-refractivity contribution < 1.29 is 49.6 Å². The highest BCUT2D eigenvalue weighted by molar-refractivity contribution is 8.03. The monoisotopic (exact) mass is 959 g/mol. The number of rotatable bonds is 15. The Bertz CT molecular complexity index is 2250. The molecule has 0 aliphatic carbocycles. The fourth-order valence-corrected chi connectivity index (χ4v) is 14.4. The maximum absolute atomic E-state index is 13.4. The number of aromatic nitrogens is 1. The van der Waals surface area contributed by atoms with E-state index < -0.39 is 43.7 Å². The highest BCUT2D eigenvalue weighted by Gasteiger charge is 2.29. The molecule has 3 aromatic rings. The molecule has 6 rings (SSSR count). The number of nitrogens with zero attached hydrogens (tertiary/aromatic N) is 2. The Morgan fingerprint density at radius 3 is 2.07 bits per heavy atom. The third kappa shape index (κ3) is 14.1. The van der Waals surface area contributed by atoms with Crippen molar-refractivity contribution in [2.45, 2.75) is 74.2 Å². The minimum atomic E-state index is -4.46. The number of anilines is 1. The predicted octanol–water partition coefficient (Wildman–Crippen LogP) is 7.79. The molecular formula is C39H47N2O10S8-. The summed E-state index contributed by atoms with van der Waals surface area (Å²) in [5.74, 6) is 3.93. The summed E-state index contributed by atoms with van der Waals surface area (Å²) in [6.07, 6.45) is 8.34. The van der Waals surface area contributed by atoms with Crippen LogP contribution in [0.5, 0.6) is 0 Å². The van der Waals surface area contributed by atoms with Crippen LogP contribution in [0.2, 0.25) is 0 Å². The molecule has 2 saturated heterocycles. The molecule has 2 aromatic carbocycles. The van der Waals surface area contributed by atoms with Gasteiger partial charge in [0, 0.05) is 54.4 Å². The van der Waals surface area contributed by atoms with E-state index in [4.69, 9.17) is 9.47 Å². The van der Waals surface area contributed by atoms with Crippen LogP contribution in [0.1, 0.15) is 77.6 Å². The highest BCUT2D eigenvalue weighted by Crippen LogP contribution is 2.47. The maximum atomic E-state index is 13.4. The summed E-state index contributed by atoms with van der Waals surface area (Å²) < 4.78 is 84.2. The summed E-state index contributed by atoms with van der Waals surface area (Å²) in [6, 6.07) is 10.7. The zero-order chi connectivity index (χ0) is 42.0. The Labute approximate surface area is 372 Å². The molecule has 0 radical (unpaired) electrons. The number of thioether (sulfide) groups is 5. The van der Waals surface area contributed by atoms with Crippen LogP contribution in [-0.2, 0) is 36.3 Å². The second-order valence-electron chi connectivity index (χ2n) is 13.9. The molecule has 2 fully saturated rings. The molecule has 12 nitrogen and oxygen atoms in total. The van der Waals surface area contributed by atoms with Gasteiger partial charge in [-0.2, -0.15) is 28.1 Å². The van der Waals surface area contributed by atoms with Crippen molar-refractivity contribution in [1.82, 2.24) is 0 Å². The van der Waals surface area contributed by atoms with Crippen molar-refractivity contribution in [2.24, 2.45) is 0 Å². The lowest BCUT2D eigenvalue weighted by Crippen LogP contribution is -2.36. The van der Waals surface area contributed by atoms with Crippen molar-refractivity contribution in [3.63, 3.8) is 0 Å². The average molecular weight is 960 g/mol. The molecule has 20 heteroatoms. The van der Waals surface area contributed by atoms with Crippen LogP contribution < -0.4 is 9.47 Å². The molecule has 59 heavy (non-hydrogen) atoms. The molecule has 0 N–H and O–H groups in total. The van der Waals surface area contributed by atoms with Crippen LogP contribution in [0.15, 0.2) is 58.0 Å². The fraction of sp³-hybridized carbons (Fsp3) is 0.513. The number of carbonyl (C=O) groups is 2. The maximum Gasteiger partial charge on any atom is 0.339 e. The molecule has 3 aliphatic rings. The zero-order valence-electron chi connectivity index (χ0n) is 32.5. The Kier molecular flexibility index (Phi) is 17.3. The molecule has 2 unspecified atom stereocenters. The smallest absolute Gasteiger partial charge is 0.339 e. The largest absolute Gasteiger partial charge is 0.748 e. The van der Waals surface area contributed by atoms with Gasteiger partial charge in [0.05, 0.1) is 42.1 Å². The van der Waals surface area contributed by atoms with Crippen LogP contribution in [0, 0.1) is 0 Å². The number of carbonyl (C=O) groups excluding carboxylic acids is 2. The first-order valence-corrected chi connectivity index (χ1v) is 28.6. The Morgan fingerprint density at radius 2 is 1.44 bits per heavy atom. The van der Waals surface area contributed by atoms with Crippen molar-refractivity contribution >= 4 is 124 Å². The number of hydrogen-bond acceptors (Lipinski definition) is 17. The van der Waals surface area contributed by atoms with Crippen molar-refractivity contribution in [1.29, 1.82) is 0 Å². The van der Waals surface area contributed by atoms with Crippen LogP contribution in [0.25, 0.3) is 16.3 Å². The molecule has 3 aliphatic heterocycles.